The van der Waals surface area contributed by atoms with Crippen molar-refractivity contribution in [1.29, 1.82) is 0 Å². The van der Waals surface area contributed by atoms with Crippen LogP contribution in [0.15, 0.2) is 47.4 Å². The average molecular weight is 367 g/mol. The van der Waals surface area contributed by atoms with Crippen LogP contribution in [0.25, 0.3) is 5.65 Å². The van der Waals surface area contributed by atoms with E-state index in [1.54, 1.807) is 15.3 Å². The van der Waals surface area contributed by atoms with Crippen LogP contribution in [0.3, 0.4) is 0 Å². The van der Waals surface area contributed by atoms with Crippen LogP contribution >= 0.6 is 0 Å². The number of benzene rings is 1. The van der Waals surface area contributed by atoms with Crippen molar-refractivity contribution in [3.63, 3.8) is 0 Å². The van der Waals surface area contributed by atoms with Gasteiger partial charge in [-0.05, 0) is 29.8 Å². The van der Waals surface area contributed by atoms with Crippen molar-refractivity contribution in [2.24, 2.45) is 0 Å². The Morgan fingerprint density at radius 2 is 1.78 bits per heavy atom. The van der Waals surface area contributed by atoms with Gasteiger partial charge >= 0.3 is 5.69 Å². The number of hydrogen-bond donors (Lipinski definition) is 0. The smallest absolute Gasteiger partial charge is 0.351 e. The van der Waals surface area contributed by atoms with Crippen LogP contribution in [-0.4, -0.2) is 57.0 Å². The third-order valence-electron chi connectivity index (χ3n) is 5.13. The molecular weight excluding hydrogens is 346 g/mol. The molecule has 3 aromatic rings. The van der Waals surface area contributed by atoms with Crippen molar-refractivity contribution < 1.29 is 9.47 Å². The molecule has 0 N–H and O–H groups in total. The maximum absolute atomic E-state index is 12.4. The van der Waals surface area contributed by atoms with Gasteiger partial charge in [-0.2, -0.15) is 4.68 Å². The number of pyridine rings is 1. The van der Waals surface area contributed by atoms with E-state index in [0.717, 1.165) is 44.2 Å². The summed E-state index contributed by atoms with van der Waals surface area (Å²) in [6, 6.07) is 11.7. The highest BCUT2D eigenvalue weighted by molar-refractivity contribution is 5.44. The van der Waals surface area contributed by atoms with Crippen LogP contribution in [0, 0.1) is 0 Å². The first kappa shape index (κ1) is 16.3. The van der Waals surface area contributed by atoms with E-state index < -0.39 is 0 Å². The molecule has 2 aliphatic heterocycles. The fraction of sp³-hybridized carbons (Fsp3) is 0.368. The minimum atomic E-state index is -0.0895. The van der Waals surface area contributed by atoms with Crippen molar-refractivity contribution >= 4 is 5.65 Å². The van der Waals surface area contributed by atoms with Crippen molar-refractivity contribution in [3.05, 3.63) is 58.6 Å². The average Bonchev–Trinajstić information content (AvgIpc) is 3.28. The first-order chi connectivity index (χ1) is 13.3. The lowest BCUT2D eigenvalue weighted by Gasteiger charge is -2.34. The molecule has 140 valence electrons. The van der Waals surface area contributed by atoms with Gasteiger partial charge in [0.15, 0.2) is 17.1 Å². The highest BCUT2D eigenvalue weighted by Gasteiger charge is 2.20. The molecule has 2 aromatic heterocycles. The number of piperazine rings is 1. The number of aromatic nitrogens is 3. The third-order valence-corrected chi connectivity index (χ3v) is 5.13. The van der Waals surface area contributed by atoms with E-state index in [9.17, 15) is 4.79 Å². The number of fused-ring (bicyclic) bond motifs is 2. The molecular formula is C19H21N5O3. The van der Waals surface area contributed by atoms with Crippen LogP contribution in [0.4, 0.5) is 0 Å². The summed E-state index contributed by atoms with van der Waals surface area (Å²) in [4.78, 5) is 17.1. The Morgan fingerprint density at radius 3 is 2.63 bits per heavy atom. The van der Waals surface area contributed by atoms with Gasteiger partial charge < -0.3 is 9.47 Å². The number of ether oxygens (including phenoxy) is 2. The van der Waals surface area contributed by atoms with Gasteiger partial charge in [-0.25, -0.2) is 4.79 Å². The van der Waals surface area contributed by atoms with E-state index >= 15 is 0 Å². The summed E-state index contributed by atoms with van der Waals surface area (Å²) in [6.07, 6.45) is 1.75. The van der Waals surface area contributed by atoms with Crippen molar-refractivity contribution in [1.82, 2.24) is 24.0 Å². The second-order valence-electron chi connectivity index (χ2n) is 6.93. The van der Waals surface area contributed by atoms with E-state index in [0.29, 0.717) is 19.1 Å². The zero-order chi connectivity index (χ0) is 18.2. The SMILES string of the molecule is O=c1n(CN2CCN(Cc3ccc4c(c3)OCO4)CC2)nc2ccccn12. The Hall–Kier alpha value is -2.84. The molecule has 27 heavy (non-hydrogen) atoms. The summed E-state index contributed by atoms with van der Waals surface area (Å²) in [5.74, 6) is 1.65. The molecule has 0 unspecified atom stereocenters. The summed E-state index contributed by atoms with van der Waals surface area (Å²) in [7, 11) is 0. The summed E-state index contributed by atoms with van der Waals surface area (Å²) < 4.78 is 13.9. The molecule has 0 spiro atoms. The lowest BCUT2D eigenvalue weighted by Crippen LogP contribution is -2.47. The Labute approximate surface area is 156 Å². The number of nitrogens with zero attached hydrogens (tertiary/aromatic N) is 5. The van der Waals surface area contributed by atoms with E-state index in [4.69, 9.17) is 9.47 Å². The molecule has 5 rings (SSSR count). The minimum absolute atomic E-state index is 0.0895. The molecule has 4 heterocycles. The van der Waals surface area contributed by atoms with Crippen LogP contribution in [0.1, 0.15) is 5.56 Å². The van der Waals surface area contributed by atoms with Crippen LogP contribution in [0.2, 0.25) is 0 Å². The second kappa shape index (κ2) is 6.71. The van der Waals surface area contributed by atoms with Crippen LogP contribution < -0.4 is 15.2 Å². The quantitative estimate of drug-likeness (QED) is 0.686. The van der Waals surface area contributed by atoms with Gasteiger partial charge in [0, 0.05) is 38.9 Å². The monoisotopic (exact) mass is 367 g/mol. The van der Waals surface area contributed by atoms with Crippen LogP contribution in [0.5, 0.6) is 11.5 Å². The van der Waals surface area contributed by atoms with Crippen molar-refractivity contribution in [2.75, 3.05) is 33.0 Å². The molecule has 0 aliphatic carbocycles. The lowest BCUT2D eigenvalue weighted by atomic mass is 10.1. The summed E-state index contributed by atoms with van der Waals surface area (Å²) in [5.41, 5.74) is 1.82. The molecule has 0 amide bonds. The summed E-state index contributed by atoms with van der Waals surface area (Å²) in [5, 5.41) is 4.41. The summed E-state index contributed by atoms with van der Waals surface area (Å²) in [6.45, 7) is 5.44. The first-order valence-electron chi connectivity index (χ1n) is 9.14. The highest BCUT2D eigenvalue weighted by atomic mass is 16.7. The predicted octanol–water partition coefficient (Wildman–Crippen LogP) is 1.000. The maximum Gasteiger partial charge on any atom is 0.351 e. The first-order valence-corrected chi connectivity index (χ1v) is 9.14. The third kappa shape index (κ3) is 3.17. The summed E-state index contributed by atoms with van der Waals surface area (Å²) >= 11 is 0. The highest BCUT2D eigenvalue weighted by Crippen LogP contribution is 2.32. The normalized spacial score (nSPS) is 17.6. The minimum Gasteiger partial charge on any atom is -0.454 e. The standard InChI is InChI=1S/C19H21N5O3/c25-19-23-6-2-1-3-18(23)20-24(19)13-22-9-7-21(8-10-22)12-15-4-5-16-17(11-15)27-14-26-16/h1-6,11H,7-10,12-14H2. The van der Waals surface area contributed by atoms with Gasteiger partial charge in [0.05, 0.1) is 6.67 Å². The predicted molar refractivity (Wildman–Crippen MR) is 98.9 cm³/mol. The largest absolute Gasteiger partial charge is 0.454 e. The van der Waals surface area contributed by atoms with E-state index in [-0.39, 0.29) is 5.69 Å². The molecule has 1 saturated heterocycles. The molecule has 2 aliphatic rings. The molecule has 0 atom stereocenters. The zero-order valence-corrected chi connectivity index (χ0v) is 15.0. The number of rotatable bonds is 4. The fourth-order valence-electron chi connectivity index (χ4n) is 3.64. The Kier molecular flexibility index (Phi) is 4.06. The van der Waals surface area contributed by atoms with E-state index in [2.05, 4.69) is 27.0 Å². The Morgan fingerprint density at radius 1 is 0.963 bits per heavy atom. The molecule has 0 saturated carbocycles. The van der Waals surface area contributed by atoms with Gasteiger partial charge in [0.25, 0.3) is 0 Å². The van der Waals surface area contributed by atoms with Gasteiger partial charge in [-0.15, -0.1) is 5.10 Å². The van der Waals surface area contributed by atoms with Gasteiger partial charge in [0.2, 0.25) is 6.79 Å². The van der Waals surface area contributed by atoms with Crippen molar-refractivity contribution in [3.8, 4) is 11.5 Å². The van der Waals surface area contributed by atoms with Gasteiger partial charge in [-0.1, -0.05) is 12.1 Å². The second-order valence-corrected chi connectivity index (χ2v) is 6.93. The molecule has 0 radical (unpaired) electrons. The molecule has 1 aromatic carbocycles. The molecule has 8 nitrogen and oxygen atoms in total. The van der Waals surface area contributed by atoms with Crippen LogP contribution in [-0.2, 0) is 13.2 Å². The number of hydrogen-bond acceptors (Lipinski definition) is 6. The van der Waals surface area contributed by atoms with Crippen molar-refractivity contribution in [2.45, 2.75) is 13.2 Å². The van der Waals surface area contributed by atoms with Gasteiger partial charge in [0.1, 0.15) is 0 Å². The topological polar surface area (TPSA) is 64.2 Å². The fourth-order valence-corrected chi connectivity index (χ4v) is 3.64. The lowest BCUT2D eigenvalue weighted by molar-refractivity contribution is 0.0975. The molecule has 8 heteroatoms. The zero-order valence-electron chi connectivity index (χ0n) is 15.0. The molecule has 1 fully saturated rings. The Bertz CT molecular complexity index is 1020. The van der Waals surface area contributed by atoms with Gasteiger partial charge in [-0.3, -0.25) is 14.2 Å². The Balaban J connectivity index is 1.20. The maximum atomic E-state index is 12.4. The van der Waals surface area contributed by atoms with E-state index in [1.807, 2.05) is 24.3 Å². The molecule has 0 bridgehead atoms. The van der Waals surface area contributed by atoms with E-state index in [1.165, 1.54) is 5.56 Å².